The number of aromatic nitrogens is 1. The van der Waals surface area contributed by atoms with Gasteiger partial charge in [-0.25, -0.2) is 4.98 Å². The summed E-state index contributed by atoms with van der Waals surface area (Å²) < 4.78 is 5.63. The van der Waals surface area contributed by atoms with E-state index >= 15 is 0 Å². The molecule has 1 aromatic heterocycles. The topological polar surface area (TPSA) is 39.2 Å². The monoisotopic (exact) mass is 287 g/mol. The fraction of sp³-hybridized carbons (Fsp3) is 0.375. The molecule has 0 bridgehead atoms. The van der Waals surface area contributed by atoms with Crippen molar-refractivity contribution in [1.82, 2.24) is 4.98 Å². The van der Waals surface area contributed by atoms with Gasteiger partial charge in [-0.1, -0.05) is 0 Å². The number of nitrogens with zero attached hydrogens (tertiary/aromatic N) is 1. The number of benzene rings is 1. The van der Waals surface area contributed by atoms with Gasteiger partial charge in [-0.05, 0) is 51.0 Å². The van der Waals surface area contributed by atoms with Crippen molar-refractivity contribution in [2.24, 2.45) is 0 Å². The fourth-order valence-corrected chi connectivity index (χ4v) is 3.43. The van der Waals surface area contributed by atoms with Crippen molar-refractivity contribution in [3.8, 4) is 16.3 Å². The minimum atomic E-state index is 0.172. The third kappa shape index (κ3) is 2.61. The van der Waals surface area contributed by atoms with Crippen LogP contribution in [0.3, 0.4) is 0 Å². The first-order chi connectivity index (χ1) is 9.63. The van der Waals surface area contributed by atoms with Gasteiger partial charge in [0.25, 0.3) is 0 Å². The molecule has 0 atom stereocenters. The number of ether oxygens (including phenoxy) is 1. The lowest BCUT2D eigenvalue weighted by Gasteiger charge is -2.09. The molecule has 3 nitrogen and oxygen atoms in total. The zero-order chi connectivity index (χ0) is 14.1. The molecule has 0 spiro atoms. The number of fused-ring (bicyclic) bond motifs is 1. The number of ketones is 1. The van der Waals surface area contributed by atoms with Crippen LogP contribution in [0.4, 0.5) is 0 Å². The molecular formula is C16H17NO2S. The molecule has 1 aromatic carbocycles. The van der Waals surface area contributed by atoms with Crippen LogP contribution in [0.1, 0.15) is 42.1 Å². The van der Waals surface area contributed by atoms with Gasteiger partial charge in [-0.15, -0.1) is 11.3 Å². The zero-order valence-corrected chi connectivity index (χ0v) is 12.5. The Labute approximate surface area is 122 Å². The molecule has 1 heterocycles. The number of rotatable bonds is 3. The minimum absolute atomic E-state index is 0.172. The average molecular weight is 287 g/mol. The Balaban J connectivity index is 1.88. The molecule has 0 saturated heterocycles. The van der Waals surface area contributed by atoms with Crippen LogP contribution in [-0.4, -0.2) is 16.9 Å². The van der Waals surface area contributed by atoms with Gasteiger partial charge in [0, 0.05) is 12.0 Å². The summed E-state index contributed by atoms with van der Waals surface area (Å²) in [6, 6.07) is 7.92. The molecule has 1 aliphatic rings. The maximum atomic E-state index is 11.9. The Morgan fingerprint density at radius 2 is 1.95 bits per heavy atom. The first-order valence-electron chi connectivity index (χ1n) is 6.93. The molecular weight excluding hydrogens is 270 g/mol. The maximum absolute atomic E-state index is 11.9. The number of Topliss-reactive ketones (excluding diaryl/α,β-unsaturated/α-hetero) is 1. The molecule has 0 fully saturated rings. The highest BCUT2D eigenvalue weighted by molar-refractivity contribution is 7.17. The Hall–Kier alpha value is -1.68. The van der Waals surface area contributed by atoms with Gasteiger partial charge < -0.3 is 4.74 Å². The van der Waals surface area contributed by atoms with Gasteiger partial charge in [0.1, 0.15) is 10.8 Å². The third-order valence-electron chi connectivity index (χ3n) is 3.24. The smallest absolute Gasteiger partial charge is 0.174 e. The maximum Gasteiger partial charge on any atom is 0.174 e. The third-order valence-corrected chi connectivity index (χ3v) is 4.43. The van der Waals surface area contributed by atoms with E-state index in [1.807, 2.05) is 38.1 Å². The van der Waals surface area contributed by atoms with Crippen LogP contribution < -0.4 is 4.74 Å². The van der Waals surface area contributed by atoms with E-state index in [2.05, 4.69) is 4.98 Å². The summed E-state index contributed by atoms with van der Waals surface area (Å²) in [5.74, 6) is 1.11. The highest BCUT2D eigenvalue weighted by Crippen LogP contribution is 2.33. The Morgan fingerprint density at radius 1 is 1.20 bits per heavy atom. The van der Waals surface area contributed by atoms with Crippen LogP contribution in [0, 0.1) is 0 Å². The van der Waals surface area contributed by atoms with Crippen molar-refractivity contribution in [1.29, 1.82) is 0 Å². The normalized spacial score (nSPS) is 14.4. The molecule has 3 rings (SSSR count). The van der Waals surface area contributed by atoms with E-state index in [0.717, 1.165) is 39.7 Å². The van der Waals surface area contributed by atoms with Crippen molar-refractivity contribution in [2.75, 3.05) is 0 Å². The van der Waals surface area contributed by atoms with Crippen LogP contribution in [0.5, 0.6) is 5.75 Å². The molecule has 0 aliphatic heterocycles. The molecule has 20 heavy (non-hydrogen) atoms. The standard InChI is InChI=1S/C16H17NO2S/c1-10(2)19-12-8-6-11(7-9-12)16-17-13-4-3-5-14(18)15(13)20-16/h6-10H,3-5H2,1-2H3. The number of thiazole rings is 1. The van der Waals surface area contributed by atoms with Crippen molar-refractivity contribution in [3.05, 3.63) is 34.8 Å². The second-order valence-corrected chi connectivity index (χ2v) is 6.26. The SMILES string of the molecule is CC(C)Oc1ccc(-c2nc3c(s2)C(=O)CCC3)cc1. The largest absolute Gasteiger partial charge is 0.491 e. The van der Waals surface area contributed by atoms with E-state index in [0.29, 0.717) is 6.42 Å². The highest BCUT2D eigenvalue weighted by Gasteiger charge is 2.22. The number of carbonyl (C=O) groups excluding carboxylic acids is 1. The van der Waals surface area contributed by atoms with E-state index in [-0.39, 0.29) is 11.9 Å². The van der Waals surface area contributed by atoms with E-state index < -0.39 is 0 Å². The first kappa shape index (κ1) is 13.3. The van der Waals surface area contributed by atoms with Crippen LogP contribution in [-0.2, 0) is 6.42 Å². The zero-order valence-electron chi connectivity index (χ0n) is 11.7. The van der Waals surface area contributed by atoms with E-state index in [9.17, 15) is 4.79 Å². The van der Waals surface area contributed by atoms with Gasteiger partial charge in [0.05, 0.1) is 16.7 Å². The van der Waals surface area contributed by atoms with E-state index in [1.54, 1.807) is 0 Å². The second-order valence-electron chi connectivity index (χ2n) is 5.26. The molecule has 0 saturated carbocycles. The number of carbonyl (C=O) groups is 1. The molecule has 4 heteroatoms. The molecule has 104 valence electrons. The van der Waals surface area contributed by atoms with E-state index in [1.165, 1.54) is 11.3 Å². The van der Waals surface area contributed by atoms with Gasteiger partial charge in [-0.2, -0.15) is 0 Å². The fourth-order valence-electron chi connectivity index (χ4n) is 2.34. The average Bonchev–Trinajstić information content (AvgIpc) is 2.84. The molecule has 0 N–H and O–H groups in total. The summed E-state index contributed by atoms with van der Waals surface area (Å²) in [7, 11) is 0. The minimum Gasteiger partial charge on any atom is -0.491 e. The summed E-state index contributed by atoms with van der Waals surface area (Å²) in [4.78, 5) is 17.3. The van der Waals surface area contributed by atoms with Crippen molar-refractivity contribution < 1.29 is 9.53 Å². The van der Waals surface area contributed by atoms with Gasteiger partial charge >= 0.3 is 0 Å². The van der Waals surface area contributed by atoms with Crippen LogP contribution in [0.15, 0.2) is 24.3 Å². The van der Waals surface area contributed by atoms with Gasteiger partial charge in [-0.3, -0.25) is 4.79 Å². The predicted molar refractivity (Wildman–Crippen MR) is 80.6 cm³/mol. The lowest BCUT2D eigenvalue weighted by Crippen LogP contribution is -2.07. The highest BCUT2D eigenvalue weighted by atomic mass is 32.1. The van der Waals surface area contributed by atoms with Crippen LogP contribution in [0.25, 0.3) is 10.6 Å². The van der Waals surface area contributed by atoms with Gasteiger partial charge in [0.2, 0.25) is 0 Å². The predicted octanol–water partition coefficient (Wildman–Crippen LogP) is 4.12. The lowest BCUT2D eigenvalue weighted by atomic mass is 10.0. The second kappa shape index (κ2) is 5.37. The number of hydrogen-bond donors (Lipinski definition) is 0. The number of hydrogen-bond acceptors (Lipinski definition) is 4. The molecule has 0 radical (unpaired) electrons. The summed E-state index contributed by atoms with van der Waals surface area (Å²) in [6.45, 7) is 4.02. The van der Waals surface area contributed by atoms with Crippen molar-refractivity contribution >= 4 is 17.1 Å². The molecule has 1 aliphatic carbocycles. The molecule has 0 unspecified atom stereocenters. The van der Waals surface area contributed by atoms with Crippen LogP contribution in [0.2, 0.25) is 0 Å². The lowest BCUT2D eigenvalue weighted by molar-refractivity contribution is 0.0976. The summed E-state index contributed by atoms with van der Waals surface area (Å²) in [6.07, 6.45) is 2.68. The summed E-state index contributed by atoms with van der Waals surface area (Å²) >= 11 is 1.51. The molecule has 0 amide bonds. The van der Waals surface area contributed by atoms with Crippen LogP contribution >= 0.6 is 11.3 Å². The van der Waals surface area contributed by atoms with Crippen molar-refractivity contribution in [3.63, 3.8) is 0 Å². The summed E-state index contributed by atoms with van der Waals surface area (Å²) in [5.41, 5.74) is 2.03. The van der Waals surface area contributed by atoms with Gasteiger partial charge in [0.15, 0.2) is 5.78 Å². The number of aryl methyl sites for hydroxylation is 1. The summed E-state index contributed by atoms with van der Waals surface area (Å²) in [5, 5.41) is 0.932. The Bertz CT molecular complexity index is 628. The quantitative estimate of drug-likeness (QED) is 0.852. The van der Waals surface area contributed by atoms with Crippen molar-refractivity contribution in [2.45, 2.75) is 39.2 Å². The first-order valence-corrected chi connectivity index (χ1v) is 7.75. The Kier molecular flexibility index (Phi) is 3.57. The Morgan fingerprint density at radius 3 is 2.60 bits per heavy atom. The molecule has 2 aromatic rings. The van der Waals surface area contributed by atoms with E-state index in [4.69, 9.17) is 4.74 Å².